The lowest BCUT2D eigenvalue weighted by Crippen LogP contribution is -2.35. The number of piperidine rings is 1. The van der Waals surface area contributed by atoms with Crippen LogP contribution in [0.25, 0.3) is 0 Å². The predicted molar refractivity (Wildman–Crippen MR) is 69.3 cm³/mol. The molecule has 0 amide bonds. The summed E-state index contributed by atoms with van der Waals surface area (Å²) in [5.41, 5.74) is 2.91. The van der Waals surface area contributed by atoms with Gasteiger partial charge < -0.3 is 10.1 Å². The van der Waals surface area contributed by atoms with Crippen LogP contribution in [-0.2, 0) is 11.2 Å². The van der Waals surface area contributed by atoms with Gasteiger partial charge in [0, 0.05) is 12.0 Å². The van der Waals surface area contributed by atoms with Crippen molar-refractivity contribution in [2.75, 3.05) is 19.8 Å². The molecular formula is C15H21NO. The Balaban J connectivity index is 1.59. The van der Waals surface area contributed by atoms with Gasteiger partial charge in [-0.2, -0.15) is 0 Å². The van der Waals surface area contributed by atoms with Crippen LogP contribution in [0.5, 0.6) is 0 Å². The van der Waals surface area contributed by atoms with Crippen molar-refractivity contribution in [2.24, 2.45) is 0 Å². The molecule has 1 atom stereocenters. The molecule has 0 aromatic heterocycles. The van der Waals surface area contributed by atoms with Crippen molar-refractivity contribution in [1.29, 1.82) is 0 Å². The van der Waals surface area contributed by atoms with Gasteiger partial charge >= 0.3 is 0 Å². The first kappa shape index (κ1) is 11.2. The number of hydrogen-bond donors (Lipinski definition) is 1. The number of ether oxygens (including phenoxy) is 1. The van der Waals surface area contributed by atoms with E-state index in [1.807, 2.05) is 0 Å². The van der Waals surface area contributed by atoms with E-state index in [4.69, 9.17) is 4.74 Å². The van der Waals surface area contributed by atoms with E-state index >= 15 is 0 Å². The molecule has 2 heteroatoms. The zero-order valence-electron chi connectivity index (χ0n) is 10.3. The Labute approximate surface area is 103 Å². The van der Waals surface area contributed by atoms with Crippen LogP contribution in [-0.4, -0.2) is 25.8 Å². The summed E-state index contributed by atoms with van der Waals surface area (Å²) >= 11 is 0. The van der Waals surface area contributed by atoms with E-state index in [1.54, 1.807) is 0 Å². The summed E-state index contributed by atoms with van der Waals surface area (Å²) in [5.74, 6) is 0.650. The Morgan fingerprint density at radius 2 is 1.94 bits per heavy atom. The molecule has 0 bridgehead atoms. The van der Waals surface area contributed by atoms with Crippen molar-refractivity contribution in [2.45, 2.75) is 37.6 Å². The van der Waals surface area contributed by atoms with Gasteiger partial charge in [-0.15, -0.1) is 0 Å². The fraction of sp³-hybridized carbons (Fsp3) is 0.600. The monoisotopic (exact) mass is 231 g/mol. The summed E-state index contributed by atoms with van der Waals surface area (Å²) < 4.78 is 5.23. The molecule has 2 saturated heterocycles. The molecule has 2 heterocycles. The van der Waals surface area contributed by atoms with Crippen LogP contribution in [0.15, 0.2) is 24.3 Å². The first-order valence-corrected chi connectivity index (χ1v) is 6.82. The van der Waals surface area contributed by atoms with E-state index in [0.717, 1.165) is 13.2 Å². The van der Waals surface area contributed by atoms with E-state index in [2.05, 4.69) is 29.6 Å². The molecule has 1 aromatic rings. The molecule has 1 N–H and O–H groups in total. The Kier molecular flexibility index (Phi) is 3.44. The van der Waals surface area contributed by atoms with Gasteiger partial charge in [0.1, 0.15) is 0 Å². The molecule has 2 aliphatic heterocycles. The van der Waals surface area contributed by atoms with Crippen LogP contribution in [0.4, 0.5) is 0 Å². The molecule has 2 aliphatic rings. The van der Waals surface area contributed by atoms with E-state index < -0.39 is 0 Å². The number of hydrogen-bond acceptors (Lipinski definition) is 2. The minimum Gasteiger partial charge on any atom is -0.380 e. The van der Waals surface area contributed by atoms with Gasteiger partial charge in [0.15, 0.2) is 0 Å². The normalized spacial score (nSPS) is 25.5. The molecule has 2 nitrogen and oxygen atoms in total. The highest BCUT2D eigenvalue weighted by atomic mass is 16.5. The second kappa shape index (κ2) is 5.19. The topological polar surface area (TPSA) is 21.3 Å². The van der Waals surface area contributed by atoms with Gasteiger partial charge in [0.25, 0.3) is 0 Å². The van der Waals surface area contributed by atoms with Gasteiger partial charge in [-0.05, 0) is 36.9 Å². The van der Waals surface area contributed by atoms with E-state index in [-0.39, 0.29) is 0 Å². The van der Waals surface area contributed by atoms with Crippen LogP contribution in [0.1, 0.15) is 36.3 Å². The standard InChI is InChI=1S/C15H21NO/c1-2-8-16-15(3-1)9-12-4-6-13(7-5-12)14-10-17-11-14/h4-7,14-16H,1-3,8-11H2. The molecule has 1 aromatic carbocycles. The third-order valence-electron chi connectivity index (χ3n) is 3.98. The van der Waals surface area contributed by atoms with Crippen LogP contribution >= 0.6 is 0 Å². The highest BCUT2D eigenvalue weighted by molar-refractivity contribution is 5.27. The van der Waals surface area contributed by atoms with Crippen molar-refractivity contribution in [1.82, 2.24) is 5.32 Å². The molecule has 17 heavy (non-hydrogen) atoms. The lowest BCUT2D eigenvalue weighted by Gasteiger charge is -2.27. The van der Waals surface area contributed by atoms with E-state index in [0.29, 0.717) is 12.0 Å². The van der Waals surface area contributed by atoms with Crippen LogP contribution in [0.3, 0.4) is 0 Å². The first-order chi connectivity index (χ1) is 8.42. The van der Waals surface area contributed by atoms with Crippen LogP contribution < -0.4 is 5.32 Å². The molecule has 92 valence electrons. The third kappa shape index (κ3) is 2.70. The summed E-state index contributed by atoms with van der Waals surface area (Å²) in [6, 6.07) is 9.85. The molecular weight excluding hydrogens is 210 g/mol. The second-order valence-corrected chi connectivity index (χ2v) is 5.33. The van der Waals surface area contributed by atoms with E-state index in [1.165, 1.54) is 43.4 Å². The number of benzene rings is 1. The number of rotatable bonds is 3. The zero-order valence-corrected chi connectivity index (χ0v) is 10.3. The van der Waals surface area contributed by atoms with Gasteiger partial charge in [-0.1, -0.05) is 30.7 Å². The fourth-order valence-electron chi connectivity index (χ4n) is 2.74. The lowest BCUT2D eigenvalue weighted by molar-refractivity contribution is 0.00841. The Bertz CT molecular complexity index is 350. The summed E-state index contributed by atoms with van der Waals surface area (Å²) in [6.07, 6.45) is 5.24. The summed E-state index contributed by atoms with van der Waals surface area (Å²) in [7, 11) is 0. The minimum absolute atomic E-state index is 0.650. The second-order valence-electron chi connectivity index (χ2n) is 5.33. The van der Waals surface area contributed by atoms with Gasteiger partial charge in [0.2, 0.25) is 0 Å². The molecule has 1 unspecified atom stereocenters. The summed E-state index contributed by atoms with van der Waals surface area (Å²) in [5, 5.41) is 3.61. The molecule has 0 radical (unpaired) electrons. The molecule has 0 saturated carbocycles. The average Bonchev–Trinajstić information content (AvgIpc) is 2.31. The fourth-order valence-corrected chi connectivity index (χ4v) is 2.74. The SMILES string of the molecule is c1cc(C2COC2)ccc1CC1CCCCN1. The van der Waals surface area contributed by atoms with Crippen molar-refractivity contribution < 1.29 is 4.74 Å². The van der Waals surface area contributed by atoms with Crippen LogP contribution in [0.2, 0.25) is 0 Å². The minimum atomic E-state index is 0.650. The van der Waals surface area contributed by atoms with E-state index in [9.17, 15) is 0 Å². The maximum Gasteiger partial charge on any atom is 0.0557 e. The average molecular weight is 231 g/mol. The Morgan fingerprint density at radius 1 is 1.12 bits per heavy atom. The Morgan fingerprint density at radius 3 is 2.53 bits per heavy atom. The predicted octanol–water partition coefficient (Wildman–Crippen LogP) is 2.49. The number of nitrogens with one attached hydrogen (secondary N) is 1. The summed E-state index contributed by atoms with van der Waals surface area (Å²) in [6.45, 7) is 3.01. The lowest BCUT2D eigenvalue weighted by atomic mass is 9.93. The molecule has 3 rings (SSSR count). The maximum absolute atomic E-state index is 5.23. The molecule has 2 fully saturated rings. The van der Waals surface area contributed by atoms with Gasteiger partial charge in [-0.25, -0.2) is 0 Å². The molecule has 0 spiro atoms. The smallest absolute Gasteiger partial charge is 0.0557 e. The maximum atomic E-state index is 5.23. The van der Waals surface area contributed by atoms with Crippen molar-refractivity contribution >= 4 is 0 Å². The highest BCUT2D eigenvalue weighted by Gasteiger charge is 2.20. The van der Waals surface area contributed by atoms with Crippen molar-refractivity contribution in [3.63, 3.8) is 0 Å². The van der Waals surface area contributed by atoms with Crippen LogP contribution in [0, 0.1) is 0 Å². The van der Waals surface area contributed by atoms with Gasteiger partial charge in [-0.3, -0.25) is 0 Å². The summed E-state index contributed by atoms with van der Waals surface area (Å²) in [4.78, 5) is 0. The molecule has 0 aliphatic carbocycles. The Hall–Kier alpha value is -0.860. The first-order valence-electron chi connectivity index (χ1n) is 6.82. The van der Waals surface area contributed by atoms with Crippen molar-refractivity contribution in [3.05, 3.63) is 35.4 Å². The third-order valence-corrected chi connectivity index (χ3v) is 3.98. The van der Waals surface area contributed by atoms with Gasteiger partial charge in [0.05, 0.1) is 13.2 Å². The van der Waals surface area contributed by atoms with Crippen molar-refractivity contribution in [3.8, 4) is 0 Å². The largest absolute Gasteiger partial charge is 0.380 e. The zero-order chi connectivity index (χ0) is 11.5. The quantitative estimate of drug-likeness (QED) is 0.863. The highest BCUT2D eigenvalue weighted by Crippen LogP contribution is 2.24.